The molecular formula is C23H40O3Si. The van der Waals surface area contributed by atoms with Gasteiger partial charge in [0, 0.05) is 6.61 Å². The Morgan fingerprint density at radius 2 is 1.56 bits per heavy atom. The summed E-state index contributed by atoms with van der Waals surface area (Å²) in [5, 5.41) is 10.3. The zero-order valence-electron chi connectivity index (χ0n) is 18.4. The molecule has 4 heteroatoms. The van der Waals surface area contributed by atoms with E-state index in [1.54, 1.807) is 0 Å². The summed E-state index contributed by atoms with van der Waals surface area (Å²) in [4.78, 5) is 0. The molecule has 0 aliphatic heterocycles. The Labute approximate surface area is 167 Å². The van der Waals surface area contributed by atoms with Crippen LogP contribution in [0.3, 0.4) is 0 Å². The third-order valence-corrected chi connectivity index (χ3v) is 11.5. The topological polar surface area (TPSA) is 38.7 Å². The van der Waals surface area contributed by atoms with Crippen molar-refractivity contribution in [3.8, 4) is 0 Å². The lowest BCUT2D eigenvalue weighted by Gasteiger charge is -2.42. The Hall–Kier alpha value is -1.10. The summed E-state index contributed by atoms with van der Waals surface area (Å²) in [5.74, 6) is 0.960. The van der Waals surface area contributed by atoms with E-state index in [1.165, 1.54) is 0 Å². The van der Waals surface area contributed by atoms with Crippen molar-refractivity contribution in [2.75, 3.05) is 6.61 Å². The summed E-state index contributed by atoms with van der Waals surface area (Å²) in [6.45, 7) is 16.9. The number of allylic oxidation sites excluding steroid dienone is 1. The molecule has 0 bridgehead atoms. The van der Waals surface area contributed by atoms with Crippen LogP contribution in [0.25, 0.3) is 0 Å². The van der Waals surface area contributed by atoms with Crippen LogP contribution in [0.1, 0.15) is 66.9 Å². The van der Waals surface area contributed by atoms with Gasteiger partial charge in [-0.05, 0) is 48.0 Å². The standard InChI is InChI=1S/C23H40O3Si/c1-18(2)27(19(3)4,20(5)6)26-21(7)13-14-23(24)15-16-25-17-22-11-9-8-10-12-22/h8-13,18-20,23-24H,14-17H2,1-7H3/b21-13-/t23-/m0/s1. The van der Waals surface area contributed by atoms with E-state index in [2.05, 4.69) is 47.6 Å². The molecule has 1 atom stereocenters. The second-order valence-corrected chi connectivity index (χ2v) is 13.8. The van der Waals surface area contributed by atoms with E-state index in [0.29, 0.717) is 42.7 Å². The van der Waals surface area contributed by atoms with Crippen molar-refractivity contribution in [1.82, 2.24) is 0 Å². The third kappa shape index (κ3) is 7.44. The second-order valence-electron chi connectivity index (χ2n) is 8.45. The first kappa shape index (κ1) is 23.9. The molecule has 0 amide bonds. The predicted octanol–water partition coefficient (Wildman–Crippen LogP) is 6.44. The van der Waals surface area contributed by atoms with E-state index < -0.39 is 14.4 Å². The summed E-state index contributed by atoms with van der Waals surface area (Å²) in [6, 6.07) is 10.1. The zero-order chi connectivity index (χ0) is 20.4. The van der Waals surface area contributed by atoms with Gasteiger partial charge in [-0.15, -0.1) is 0 Å². The quantitative estimate of drug-likeness (QED) is 0.253. The van der Waals surface area contributed by atoms with Crippen LogP contribution < -0.4 is 0 Å². The van der Waals surface area contributed by atoms with Crippen LogP contribution in [0.4, 0.5) is 0 Å². The van der Waals surface area contributed by atoms with Gasteiger partial charge < -0.3 is 14.3 Å². The first-order chi connectivity index (χ1) is 12.7. The second kappa shape index (κ2) is 11.7. The molecule has 1 rings (SSSR count). The van der Waals surface area contributed by atoms with Gasteiger partial charge in [-0.2, -0.15) is 0 Å². The number of benzene rings is 1. The number of hydrogen-bond acceptors (Lipinski definition) is 3. The number of rotatable bonds is 12. The highest BCUT2D eigenvalue weighted by molar-refractivity contribution is 6.77. The maximum Gasteiger partial charge on any atom is 0.258 e. The highest BCUT2D eigenvalue weighted by Crippen LogP contribution is 2.43. The van der Waals surface area contributed by atoms with Gasteiger partial charge in [-0.3, -0.25) is 0 Å². The molecular weight excluding hydrogens is 352 g/mol. The predicted molar refractivity (Wildman–Crippen MR) is 117 cm³/mol. The Balaban J connectivity index is 2.47. The van der Waals surface area contributed by atoms with Crippen LogP contribution in [-0.2, 0) is 15.8 Å². The third-order valence-electron chi connectivity index (χ3n) is 5.43. The summed E-state index contributed by atoms with van der Waals surface area (Å²) in [5.41, 5.74) is 2.82. The van der Waals surface area contributed by atoms with Gasteiger partial charge in [0.15, 0.2) is 0 Å². The largest absolute Gasteiger partial charge is 0.546 e. The number of hydrogen-bond donors (Lipinski definition) is 1. The van der Waals surface area contributed by atoms with Crippen LogP contribution in [0.2, 0.25) is 16.6 Å². The molecule has 0 aliphatic carbocycles. The molecule has 0 saturated carbocycles. The Morgan fingerprint density at radius 1 is 1.00 bits per heavy atom. The Morgan fingerprint density at radius 3 is 2.07 bits per heavy atom. The molecule has 0 aliphatic rings. The fourth-order valence-electron chi connectivity index (χ4n) is 4.08. The van der Waals surface area contributed by atoms with Crippen molar-refractivity contribution in [1.29, 1.82) is 0 Å². The van der Waals surface area contributed by atoms with Crippen LogP contribution in [0.15, 0.2) is 42.2 Å². The molecule has 3 nitrogen and oxygen atoms in total. The lowest BCUT2D eigenvalue weighted by Crippen LogP contribution is -2.47. The Bertz CT molecular complexity index is 530. The zero-order valence-corrected chi connectivity index (χ0v) is 19.4. The molecule has 1 aromatic rings. The first-order valence-electron chi connectivity index (χ1n) is 10.4. The molecule has 1 N–H and O–H groups in total. The van der Waals surface area contributed by atoms with Crippen LogP contribution >= 0.6 is 0 Å². The van der Waals surface area contributed by atoms with Crippen molar-refractivity contribution in [3.63, 3.8) is 0 Å². The highest BCUT2D eigenvalue weighted by Gasteiger charge is 2.46. The minimum absolute atomic E-state index is 0.396. The van der Waals surface area contributed by atoms with E-state index in [1.807, 2.05) is 37.3 Å². The summed E-state index contributed by atoms with van der Waals surface area (Å²) < 4.78 is 12.3. The van der Waals surface area contributed by atoms with Gasteiger partial charge >= 0.3 is 0 Å². The summed E-state index contributed by atoms with van der Waals surface area (Å²) >= 11 is 0. The highest BCUT2D eigenvalue weighted by atomic mass is 28.4. The molecule has 0 radical (unpaired) electrons. The van der Waals surface area contributed by atoms with E-state index in [4.69, 9.17) is 9.16 Å². The van der Waals surface area contributed by atoms with Gasteiger partial charge in [0.1, 0.15) is 0 Å². The SMILES string of the molecule is C/C(=C/C[C@H](O)CCOCc1ccccc1)O[Si](C(C)C)(C(C)C)C(C)C. The molecule has 0 heterocycles. The minimum atomic E-state index is -1.91. The lowest BCUT2D eigenvalue weighted by molar-refractivity contribution is 0.0743. The maximum absolute atomic E-state index is 10.3. The van der Waals surface area contributed by atoms with Crippen molar-refractivity contribution in [3.05, 3.63) is 47.7 Å². The molecule has 0 unspecified atom stereocenters. The average Bonchev–Trinajstić information content (AvgIpc) is 2.61. The molecule has 1 aromatic carbocycles. The van der Waals surface area contributed by atoms with Crippen molar-refractivity contribution >= 4 is 8.32 Å². The maximum atomic E-state index is 10.3. The number of ether oxygens (including phenoxy) is 1. The summed E-state index contributed by atoms with van der Waals surface area (Å²) in [6.07, 6.45) is 2.90. The molecule has 0 saturated heterocycles. The minimum Gasteiger partial charge on any atom is -0.546 e. The van der Waals surface area contributed by atoms with Crippen molar-refractivity contribution in [2.45, 2.75) is 90.6 Å². The van der Waals surface area contributed by atoms with E-state index in [9.17, 15) is 5.11 Å². The first-order valence-corrected chi connectivity index (χ1v) is 12.5. The van der Waals surface area contributed by atoms with E-state index in [0.717, 1.165) is 11.3 Å². The van der Waals surface area contributed by atoms with Crippen LogP contribution in [0.5, 0.6) is 0 Å². The van der Waals surface area contributed by atoms with Gasteiger partial charge in [-0.25, -0.2) is 0 Å². The average molecular weight is 393 g/mol. The van der Waals surface area contributed by atoms with Crippen molar-refractivity contribution in [2.24, 2.45) is 0 Å². The normalized spacial score (nSPS) is 14.3. The fraction of sp³-hybridized carbons (Fsp3) is 0.652. The van der Waals surface area contributed by atoms with Gasteiger partial charge in [0.05, 0.1) is 18.5 Å². The molecule has 154 valence electrons. The van der Waals surface area contributed by atoms with E-state index >= 15 is 0 Å². The smallest absolute Gasteiger partial charge is 0.258 e. The van der Waals surface area contributed by atoms with Gasteiger partial charge in [0.2, 0.25) is 0 Å². The summed E-state index contributed by atoms with van der Waals surface area (Å²) in [7, 11) is -1.91. The fourth-order valence-corrected chi connectivity index (χ4v) is 9.43. The Kier molecular flexibility index (Phi) is 10.3. The van der Waals surface area contributed by atoms with Crippen molar-refractivity contribution < 1.29 is 14.3 Å². The van der Waals surface area contributed by atoms with Crippen LogP contribution in [-0.4, -0.2) is 26.1 Å². The van der Waals surface area contributed by atoms with Gasteiger partial charge in [0.25, 0.3) is 8.32 Å². The molecule has 0 fully saturated rings. The molecule has 0 spiro atoms. The van der Waals surface area contributed by atoms with Crippen LogP contribution in [0, 0.1) is 0 Å². The number of aliphatic hydroxyl groups excluding tert-OH is 1. The van der Waals surface area contributed by atoms with E-state index in [-0.39, 0.29) is 0 Å². The lowest BCUT2D eigenvalue weighted by atomic mass is 10.2. The number of aliphatic hydroxyl groups is 1. The monoisotopic (exact) mass is 392 g/mol. The van der Waals surface area contributed by atoms with Gasteiger partial charge in [-0.1, -0.05) is 71.9 Å². The molecule has 0 aromatic heterocycles. The molecule has 27 heavy (non-hydrogen) atoms.